The molecule has 74 heavy (non-hydrogen) atoms. The van der Waals surface area contributed by atoms with Crippen molar-refractivity contribution < 1.29 is 86.5 Å². The fourth-order valence-electron chi connectivity index (χ4n) is 6.53. The van der Waals surface area contributed by atoms with Crippen molar-refractivity contribution in [1.29, 1.82) is 0 Å². The van der Waals surface area contributed by atoms with Crippen molar-refractivity contribution in [2.45, 2.75) is 142 Å². The van der Waals surface area contributed by atoms with Gasteiger partial charge in [-0.15, -0.1) is 0 Å². The number of hydrogen-bond donors (Lipinski definition) is 7. The Hall–Kier alpha value is -4.36. The number of carboxylic acid groups (broad SMARTS) is 2. The van der Waals surface area contributed by atoms with Gasteiger partial charge in [-0.3, -0.25) is 33.6 Å². The Morgan fingerprint density at radius 2 is 0.676 bits per heavy atom. The molecule has 0 saturated carbocycles. The highest BCUT2D eigenvalue weighted by atomic mass is 16.5. The van der Waals surface area contributed by atoms with E-state index < -0.39 is 23.4 Å². The molecule has 23 heteroatoms. The van der Waals surface area contributed by atoms with E-state index in [1.807, 2.05) is 20.8 Å². The maximum atomic E-state index is 12.4. The highest BCUT2D eigenvalue weighted by molar-refractivity contribution is 5.85. The van der Waals surface area contributed by atoms with Crippen LogP contribution in [-0.4, -0.2) is 195 Å². The van der Waals surface area contributed by atoms with Crippen molar-refractivity contribution in [3.05, 3.63) is 0 Å². The number of rotatable bonds is 54. The fraction of sp³-hybridized carbons (Fsp3) is 0.843. The highest BCUT2D eigenvalue weighted by Crippen LogP contribution is 2.15. The Morgan fingerprint density at radius 3 is 1.01 bits per heavy atom. The topological polar surface area (TPSA) is 311 Å². The summed E-state index contributed by atoms with van der Waals surface area (Å²) in [7, 11) is 0. The summed E-state index contributed by atoms with van der Waals surface area (Å²) in [5, 5.41) is 31.4. The molecule has 7 N–H and O–H groups in total. The Bertz CT molecular complexity index is 1500. The molecular weight excluding hydrogens is 971 g/mol. The van der Waals surface area contributed by atoms with Crippen molar-refractivity contribution in [3.8, 4) is 0 Å². The molecule has 0 aliphatic rings. The van der Waals surface area contributed by atoms with Crippen LogP contribution in [0.3, 0.4) is 0 Å². The summed E-state index contributed by atoms with van der Waals surface area (Å²) in [5.41, 5.74) is -0.439. The summed E-state index contributed by atoms with van der Waals surface area (Å²) in [5.74, 6) is -3.54. The number of ether oxygens (including phenoxy) is 8. The van der Waals surface area contributed by atoms with Crippen LogP contribution in [-0.2, 0) is 76.3 Å². The number of carboxylic acids is 2. The third-order valence-electron chi connectivity index (χ3n) is 10.9. The Morgan fingerprint density at radius 1 is 0.365 bits per heavy atom. The van der Waals surface area contributed by atoms with Gasteiger partial charge in [0.1, 0.15) is 32.5 Å². The van der Waals surface area contributed by atoms with Crippen molar-refractivity contribution in [1.82, 2.24) is 26.6 Å². The van der Waals surface area contributed by atoms with E-state index in [-0.39, 0.29) is 167 Å². The first kappa shape index (κ1) is 69.6. The lowest BCUT2D eigenvalue weighted by Crippen LogP contribution is -2.41. The van der Waals surface area contributed by atoms with Gasteiger partial charge in [0, 0.05) is 50.9 Å². The minimum Gasteiger partial charge on any atom is -0.481 e. The monoisotopic (exact) mass is 1060 g/mol. The van der Waals surface area contributed by atoms with Gasteiger partial charge >= 0.3 is 11.9 Å². The average molecular weight is 1060 g/mol. The molecule has 430 valence electrons. The molecule has 0 unspecified atom stereocenters. The lowest BCUT2D eigenvalue weighted by atomic mass is 9.91. The average Bonchev–Trinajstić information content (AvgIpc) is 3.35. The van der Waals surface area contributed by atoms with Gasteiger partial charge in [0.05, 0.1) is 79.3 Å². The summed E-state index contributed by atoms with van der Waals surface area (Å²) in [6.07, 6.45) is 15.4. The summed E-state index contributed by atoms with van der Waals surface area (Å²) in [6, 6.07) is -1.15. The quantitative estimate of drug-likeness (QED) is 0.0431. The molecule has 0 spiro atoms. The van der Waals surface area contributed by atoms with Gasteiger partial charge in [-0.1, -0.05) is 97.8 Å². The molecule has 0 aliphatic carbocycles. The first-order valence-corrected chi connectivity index (χ1v) is 26.6. The van der Waals surface area contributed by atoms with Crippen LogP contribution in [0.2, 0.25) is 0 Å². The lowest BCUT2D eigenvalue weighted by molar-refractivity contribution is -0.142. The smallest absolute Gasteiger partial charge is 0.326 e. The third-order valence-corrected chi connectivity index (χ3v) is 10.9. The number of hydrogen-bond acceptors (Lipinski definition) is 16. The Labute approximate surface area is 439 Å². The normalized spacial score (nSPS) is 11.7. The second kappa shape index (κ2) is 49.5. The maximum Gasteiger partial charge on any atom is 0.326 e. The zero-order valence-corrected chi connectivity index (χ0v) is 44.9. The molecule has 0 aliphatic heterocycles. The first-order chi connectivity index (χ1) is 35.6. The molecule has 0 heterocycles. The van der Waals surface area contributed by atoms with Gasteiger partial charge in [-0.25, -0.2) is 4.79 Å². The molecule has 0 rings (SSSR count). The summed E-state index contributed by atoms with van der Waals surface area (Å²) < 4.78 is 42.7. The molecule has 1 atom stereocenters. The van der Waals surface area contributed by atoms with E-state index in [2.05, 4.69) is 26.6 Å². The second-order valence-corrected chi connectivity index (χ2v) is 18.6. The molecule has 5 amide bonds. The van der Waals surface area contributed by atoms with Crippen molar-refractivity contribution in [2.75, 3.05) is 132 Å². The molecule has 0 aromatic heterocycles. The predicted octanol–water partition coefficient (Wildman–Crippen LogP) is 2.88. The van der Waals surface area contributed by atoms with Gasteiger partial charge in [-0.2, -0.15) is 0 Å². The zero-order valence-electron chi connectivity index (χ0n) is 44.9. The maximum absolute atomic E-state index is 12.4. The molecule has 0 fully saturated rings. The summed E-state index contributed by atoms with van der Waals surface area (Å²) >= 11 is 0. The van der Waals surface area contributed by atoms with Gasteiger partial charge in [-0.05, 0) is 19.3 Å². The van der Waals surface area contributed by atoms with Crippen molar-refractivity contribution >= 4 is 47.3 Å². The number of amides is 5. The second-order valence-electron chi connectivity index (χ2n) is 18.6. The molecule has 0 saturated heterocycles. The van der Waals surface area contributed by atoms with Gasteiger partial charge in [0.25, 0.3) is 0 Å². The number of unbranched alkanes of at least 4 members (excludes halogenated alkanes) is 13. The number of carbonyl (C=O) groups excluding carboxylic acids is 6. The number of ketones is 1. The van der Waals surface area contributed by atoms with Gasteiger partial charge in [0.2, 0.25) is 29.5 Å². The minimum absolute atomic E-state index is 0.0193. The van der Waals surface area contributed by atoms with E-state index in [4.69, 9.17) is 43.0 Å². The molecule has 0 aromatic carbocycles. The fourth-order valence-corrected chi connectivity index (χ4v) is 6.53. The van der Waals surface area contributed by atoms with Crippen LogP contribution in [0, 0.1) is 5.41 Å². The summed E-state index contributed by atoms with van der Waals surface area (Å²) in [4.78, 5) is 94.3. The number of Topliss-reactive ketones (excluding diaryl/α,β-unsaturated/α-hetero) is 1. The van der Waals surface area contributed by atoms with Crippen LogP contribution in [0.5, 0.6) is 0 Å². The van der Waals surface area contributed by atoms with Crippen molar-refractivity contribution in [2.24, 2.45) is 5.41 Å². The van der Waals surface area contributed by atoms with E-state index in [1.54, 1.807) is 0 Å². The van der Waals surface area contributed by atoms with Crippen molar-refractivity contribution in [3.63, 3.8) is 0 Å². The van der Waals surface area contributed by atoms with Gasteiger partial charge in [0.15, 0.2) is 5.78 Å². The largest absolute Gasteiger partial charge is 0.481 e. The zero-order chi connectivity index (χ0) is 54.8. The molecule has 23 nitrogen and oxygen atoms in total. The van der Waals surface area contributed by atoms with Crippen LogP contribution in [0.1, 0.15) is 136 Å². The van der Waals surface area contributed by atoms with E-state index in [1.165, 1.54) is 38.5 Å². The van der Waals surface area contributed by atoms with Crippen LogP contribution >= 0.6 is 0 Å². The standard InChI is InChI=1S/C51H93N5O18/c1-51(2,3)43(57)38-71-34-30-68-27-23-53-46(60)40-73-36-32-70-29-25-55-48(62)41-74-37-33-69-28-24-54-47(61)39-72-35-31-67-26-22-52-44(58)21-20-42(50(65)66)56-45(59)18-16-14-12-10-8-6-4-5-7-9-11-13-15-17-19-49(63)64/h42H,4-41H2,1-3H3,(H,52,58)(H,53,60)(H,54,61)(H,55,62)(H,56,59)(H,63,64)(H,65,66)/t42-/m0/s1. The van der Waals surface area contributed by atoms with E-state index in [0.717, 1.165) is 44.9 Å². The van der Waals surface area contributed by atoms with Crippen LogP contribution < -0.4 is 26.6 Å². The lowest BCUT2D eigenvalue weighted by Gasteiger charge is -2.16. The SMILES string of the molecule is CC(C)(C)C(=O)COCCOCCNC(=O)COCCOCCNC(=O)COCCOCCNC(=O)COCCOCCNC(=O)CC[C@H](NC(=O)CCCCCCCCCCCCCCCCC(=O)O)C(=O)O. The molecule has 0 bridgehead atoms. The Kier molecular flexibility index (Phi) is 46.6. The highest BCUT2D eigenvalue weighted by Gasteiger charge is 2.22. The van der Waals surface area contributed by atoms with E-state index in [0.29, 0.717) is 32.8 Å². The molecular formula is C51H93N5O18. The number of nitrogens with one attached hydrogen (secondary N) is 5. The Balaban J connectivity index is 3.59. The van der Waals surface area contributed by atoms with Gasteiger partial charge < -0.3 is 74.7 Å². The predicted molar refractivity (Wildman–Crippen MR) is 273 cm³/mol. The van der Waals surface area contributed by atoms with Crippen LogP contribution in [0.25, 0.3) is 0 Å². The van der Waals surface area contributed by atoms with E-state index >= 15 is 0 Å². The van der Waals surface area contributed by atoms with Crippen LogP contribution in [0.15, 0.2) is 0 Å². The van der Waals surface area contributed by atoms with Crippen LogP contribution in [0.4, 0.5) is 0 Å². The summed E-state index contributed by atoms with van der Waals surface area (Å²) in [6.45, 7) is 8.86. The number of aliphatic carboxylic acids is 2. The third kappa shape index (κ3) is 49.8. The first-order valence-electron chi connectivity index (χ1n) is 26.6. The van der Waals surface area contributed by atoms with E-state index in [9.17, 15) is 43.5 Å². The molecule has 0 aromatic rings. The minimum atomic E-state index is -1.19. The number of carbonyl (C=O) groups is 8. The molecule has 0 radical (unpaired) electrons.